The highest BCUT2D eigenvalue weighted by Crippen LogP contribution is 2.36. The van der Waals surface area contributed by atoms with Crippen molar-refractivity contribution in [3.63, 3.8) is 0 Å². The van der Waals surface area contributed by atoms with Crippen molar-refractivity contribution in [2.24, 2.45) is 5.41 Å². The van der Waals surface area contributed by atoms with Crippen LogP contribution >= 0.6 is 0 Å². The monoisotopic (exact) mass is 360 g/mol. The fraction of sp³-hybridized carbons (Fsp3) is 0.500. The molecule has 1 atom stereocenters. The molecule has 2 rings (SSSR count). The van der Waals surface area contributed by atoms with Crippen LogP contribution in [0.25, 0.3) is 0 Å². The van der Waals surface area contributed by atoms with Gasteiger partial charge in [-0.3, -0.25) is 9.59 Å². The summed E-state index contributed by atoms with van der Waals surface area (Å²) in [7, 11) is 0. The number of para-hydroxylation sites is 1. The molecular weight excluding hydrogens is 332 g/mol. The molecule has 6 heteroatoms. The van der Waals surface area contributed by atoms with E-state index in [0.717, 1.165) is 12.0 Å². The van der Waals surface area contributed by atoms with E-state index in [4.69, 9.17) is 4.74 Å². The van der Waals surface area contributed by atoms with E-state index in [1.807, 2.05) is 19.9 Å². The number of hydrogen-bond donors (Lipinski definition) is 3. The predicted octanol–water partition coefficient (Wildman–Crippen LogP) is 2.04. The number of hydrogen-bond acceptors (Lipinski definition) is 4. The lowest BCUT2D eigenvalue weighted by Crippen LogP contribution is -2.55. The Morgan fingerprint density at radius 3 is 2.77 bits per heavy atom. The number of nitrogens with one attached hydrogen (secondary N) is 2. The summed E-state index contributed by atoms with van der Waals surface area (Å²) >= 11 is 0. The van der Waals surface area contributed by atoms with Crippen molar-refractivity contribution in [3.05, 3.63) is 42.5 Å². The van der Waals surface area contributed by atoms with Crippen molar-refractivity contribution in [3.8, 4) is 0 Å². The lowest BCUT2D eigenvalue weighted by molar-refractivity contribution is -0.151. The summed E-state index contributed by atoms with van der Waals surface area (Å²) in [6.45, 7) is 8.58. The van der Waals surface area contributed by atoms with Gasteiger partial charge >= 0.3 is 0 Å². The Bertz CT molecular complexity index is 664. The molecule has 6 nitrogen and oxygen atoms in total. The first-order valence-corrected chi connectivity index (χ1v) is 8.85. The van der Waals surface area contributed by atoms with Gasteiger partial charge in [0.15, 0.2) is 0 Å². The van der Waals surface area contributed by atoms with Crippen molar-refractivity contribution < 1.29 is 19.4 Å². The molecule has 1 saturated heterocycles. The Balaban J connectivity index is 1.97. The molecule has 0 radical (unpaired) electrons. The van der Waals surface area contributed by atoms with E-state index in [1.165, 1.54) is 6.08 Å². The quantitative estimate of drug-likeness (QED) is 0.650. The van der Waals surface area contributed by atoms with Crippen LogP contribution in [0.15, 0.2) is 36.9 Å². The van der Waals surface area contributed by atoms with Gasteiger partial charge in [-0.1, -0.05) is 38.6 Å². The van der Waals surface area contributed by atoms with E-state index < -0.39 is 11.0 Å². The predicted molar refractivity (Wildman–Crippen MR) is 101 cm³/mol. The molecule has 0 bridgehead atoms. The van der Waals surface area contributed by atoms with E-state index in [1.54, 1.807) is 18.2 Å². The number of anilines is 1. The third-order valence-corrected chi connectivity index (χ3v) is 5.02. The molecular formula is C20H28N2O4. The number of amides is 2. The van der Waals surface area contributed by atoms with E-state index in [9.17, 15) is 14.7 Å². The number of aliphatic hydroxyl groups is 1. The Kier molecular flexibility index (Phi) is 6.56. The van der Waals surface area contributed by atoms with E-state index in [-0.39, 0.29) is 24.8 Å². The first-order valence-electron chi connectivity index (χ1n) is 8.85. The fourth-order valence-electron chi connectivity index (χ4n) is 3.01. The van der Waals surface area contributed by atoms with E-state index in [2.05, 4.69) is 17.2 Å². The zero-order valence-electron chi connectivity index (χ0n) is 15.5. The molecule has 1 unspecified atom stereocenters. The molecule has 2 amide bonds. The molecule has 1 aromatic rings. The SMILES string of the molecule is C=CC(=O)Nc1ccccc1CC(=O)NCC(C)(C)C1(O)CCCOC1. The van der Waals surface area contributed by atoms with Gasteiger partial charge in [0.25, 0.3) is 0 Å². The van der Waals surface area contributed by atoms with Crippen molar-refractivity contribution in [2.75, 3.05) is 25.1 Å². The third kappa shape index (κ3) is 4.93. The lowest BCUT2D eigenvalue weighted by atomic mass is 9.72. The number of carbonyl (C=O) groups excluding carboxylic acids is 2. The molecule has 1 fully saturated rings. The Hall–Kier alpha value is -2.18. The van der Waals surface area contributed by atoms with Crippen molar-refractivity contribution in [2.45, 2.75) is 38.7 Å². The van der Waals surface area contributed by atoms with Gasteiger partial charge in [-0.05, 0) is 30.5 Å². The maximum Gasteiger partial charge on any atom is 0.247 e. The number of benzene rings is 1. The standard InChI is InChI=1S/C20H28N2O4/c1-4-17(23)22-16-9-6-5-8-15(16)12-18(24)21-13-19(2,3)20(25)10-7-11-26-14-20/h4-6,8-9,25H,1,7,10-14H2,2-3H3,(H,21,24)(H,22,23). The maximum atomic E-state index is 12.4. The van der Waals surface area contributed by atoms with Crippen LogP contribution in [-0.4, -0.2) is 42.3 Å². The number of rotatable bonds is 7. The van der Waals surface area contributed by atoms with Gasteiger partial charge in [-0.15, -0.1) is 0 Å². The largest absolute Gasteiger partial charge is 0.387 e. The second kappa shape index (κ2) is 8.47. The van der Waals surface area contributed by atoms with Crippen LogP contribution in [0.4, 0.5) is 5.69 Å². The molecule has 3 N–H and O–H groups in total. The minimum Gasteiger partial charge on any atom is -0.387 e. The van der Waals surface area contributed by atoms with E-state index in [0.29, 0.717) is 25.3 Å². The Labute approximate surface area is 154 Å². The summed E-state index contributed by atoms with van der Waals surface area (Å²) in [5.74, 6) is -0.489. The molecule has 0 aromatic heterocycles. The minimum absolute atomic E-state index is 0.138. The number of ether oxygens (including phenoxy) is 1. The summed E-state index contributed by atoms with van der Waals surface area (Å²) in [4.78, 5) is 23.9. The third-order valence-electron chi connectivity index (χ3n) is 5.02. The van der Waals surface area contributed by atoms with Crippen LogP contribution in [0.2, 0.25) is 0 Å². The fourth-order valence-corrected chi connectivity index (χ4v) is 3.01. The summed E-state index contributed by atoms with van der Waals surface area (Å²) in [6, 6.07) is 7.15. The Morgan fingerprint density at radius 2 is 2.12 bits per heavy atom. The highest BCUT2D eigenvalue weighted by Gasteiger charge is 2.44. The van der Waals surface area contributed by atoms with Gasteiger partial charge in [-0.2, -0.15) is 0 Å². The average Bonchev–Trinajstić information content (AvgIpc) is 2.62. The first-order chi connectivity index (χ1) is 12.3. The maximum absolute atomic E-state index is 12.4. The summed E-state index contributed by atoms with van der Waals surface area (Å²) in [6.07, 6.45) is 2.79. The highest BCUT2D eigenvalue weighted by molar-refractivity contribution is 5.99. The topological polar surface area (TPSA) is 87.7 Å². The molecule has 142 valence electrons. The number of carbonyl (C=O) groups is 2. The lowest BCUT2D eigenvalue weighted by Gasteiger charge is -2.44. The average molecular weight is 360 g/mol. The van der Waals surface area contributed by atoms with Crippen LogP contribution in [0.1, 0.15) is 32.3 Å². The summed E-state index contributed by atoms with van der Waals surface area (Å²) in [5, 5.41) is 16.4. The normalized spacial score (nSPS) is 20.3. The van der Waals surface area contributed by atoms with Gasteiger partial charge in [-0.25, -0.2) is 0 Å². The highest BCUT2D eigenvalue weighted by atomic mass is 16.5. The summed E-state index contributed by atoms with van der Waals surface area (Å²) < 4.78 is 5.43. The van der Waals surface area contributed by atoms with Crippen LogP contribution in [0, 0.1) is 5.41 Å². The molecule has 0 spiro atoms. The van der Waals surface area contributed by atoms with Crippen LogP contribution in [0.3, 0.4) is 0 Å². The van der Waals surface area contributed by atoms with Crippen LogP contribution in [-0.2, 0) is 20.7 Å². The van der Waals surface area contributed by atoms with Gasteiger partial charge in [0.2, 0.25) is 11.8 Å². The van der Waals surface area contributed by atoms with E-state index >= 15 is 0 Å². The minimum atomic E-state index is -0.950. The molecule has 26 heavy (non-hydrogen) atoms. The molecule has 1 aliphatic rings. The van der Waals surface area contributed by atoms with Gasteiger partial charge in [0, 0.05) is 24.3 Å². The van der Waals surface area contributed by atoms with Crippen molar-refractivity contribution in [1.29, 1.82) is 0 Å². The second-order valence-electron chi connectivity index (χ2n) is 7.38. The van der Waals surface area contributed by atoms with Gasteiger partial charge in [0.05, 0.1) is 18.6 Å². The first kappa shape index (κ1) is 20.1. The van der Waals surface area contributed by atoms with Gasteiger partial charge in [0.1, 0.15) is 0 Å². The van der Waals surface area contributed by atoms with Crippen LogP contribution < -0.4 is 10.6 Å². The Morgan fingerprint density at radius 1 is 1.38 bits per heavy atom. The molecule has 1 aliphatic heterocycles. The van der Waals surface area contributed by atoms with Gasteiger partial charge < -0.3 is 20.5 Å². The molecule has 1 aromatic carbocycles. The zero-order chi connectivity index (χ0) is 19.2. The molecule has 0 saturated carbocycles. The zero-order valence-corrected chi connectivity index (χ0v) is 15.5. The molecule has 0 aliphatic carbocycles. The van der Waals surface area contributed by atoms with Crippen molar-refractivity contribution in [1.82, 2.24) is 5.32 Å². The van der Waals surface area contributed by atoms with Crippen molar-refractivity contribution >= 4 is 17.5 Å². The summed E-state index contributed by atoms with van der Waals surface area (Å²) in [5.41, 5.74) is -0.155. The second-order valence-corrected chi connectivity index (χ2v) is 7.38. The van der Waals surface area contributed by atoms with Crippen LogP contribution in [0.5, 0.6) is 0 Å². The smallest absolute Gasteiger partial charge is 0.247 e. The molecule has 1 heterocycles.